The Morgan fingerprint density at radius 2 is 1.68 bits per heavy atom. The Morgan fingerprint density at radius 3 is 2.05 bits per heavy atom. The number of azide groups is 1. The molecule has 0 aromatic heterocycles. The van der Waals surface area contributed by atoms with Crippen molar-refractivity contribution in [2.75, 3.05) is 0 Å². The maximum absolute atomic E-state index is 13.3. The van der Waals surface area contributed by atoms with Gasteiger partial charge in [0.2, 0.25) is 0 Å². The predicted molar refractivity (Wildman–Crippen MR) is 44.5 cm³/mol. The van der Waals surface area contributed by atoms with Crippen LogP contribution in [0.2, 0.25) is 0 Å². The molecule has 1 aromatic rings. The lowest BCUT2D eigenvalue weighted by atomic mass is 10.0. The molecule has 19 heavy (non-hydrogen) atoms. The number of carboxylic acids is 1. The van der Waals surface area contributed by atoms with E-state index >= 15 is 0 Å². The van der Waals surface area contributed by atoms with Crippen LogP contribution in [-0.2, 0) is 6.18 Å². The van der Waals surface area contributed by atoms with Crippen LogP contribution in [-0.4, -0.2) is 5.97 Å². The van der Waals surface area contributed by atoms with Crippen LogP contribution in [0.4, 0.5) is 32.0 Å². The number of aromatic carboxylic acids is 1. The number of alkyl halides is 3. The summed E-state index contributed by atoms with van der Waals surface area (Å²) in [5, 5.41) is 12.6. The number of benzene rings is 1. The molecule has 1 rings (SSSR count). The van der Waals surface area contributed by atoms with Crippen molar-refractivity contribution >= 4 is 11.7 Å². The van der Waals surface area contributed by atoms with E-state index in [4.69, 9.17) is 5.53 Å². The molecule has 0 aliphatic rings. The molecule has 0 unspecified atom stereocenters. The second-order valence-electron chi connectivity index (χ2n) is 3.02. The smallest absolute Gasteiger partial charge is 0.419 e. The number of halogens is 6. The molecule has 0 aliphatic heterocycles. The normalized spacial score (nSPS) is 11.1. The van der Waals surface area contributed by atoms with Crippen molar-refractivity contribution in [2.45, 2.75) is 6.18 Å². The Bertz CT molecular complexity index is 606. The average molecular weight is 284 g/mol. The summed E-state index contributed by atoms with van der Waals surface area (Å²) < 4.78 is 76.9. The summed E-state index contributed by atoms with van der Waals surface area (Å²) in [4.78, 5) is 12.2. The summed E-state index contributed by atoms with van der Waals surface area (Å²) in [5.41, 5.74) is 1.05. The summed E-state index contributed by atoms with van der Waals surface area (Å²) in [5.74, 6) is -10.2. The topological polar surface area (TPSA) is 88.9 Å². The first-order valence-corrected chi connectivity index (χ1v) is 4.17. The van der Waals surface area contributed by atoms with Crippen LogP contribution < -0.4 is 5.11 Å². The third-order valence-corrected chi connectivity index (χ3v) is 1.93. The summed E-state index contributed by atoms with van der Waals surface area (Å²) >= 11 is 0. The van der Waals surface area contributed by atoms with E-state index in [-0.39, 0.29) is 0 Å². The highest BCUT2D eigenvalue weighted by Crippen LogP contribution is 2.40. The molecule has 0 amide bonds. The van der Waals surface area contributed by atoms with Crippen molar-refractivity contribution in [1.29, 1.82) is 0 Å². The van der Waals surface area contributed by atoms with E-state index in [1.807, 2.05) is 4.91 Å². The van der Waals surface area contributed by atoms with Gasteiger partial charge in [-0.3, -0.25) is 0 Å². The fourth-order valence-corrected chi connectivity index (χ4v) is 1.24. The van der Waals surface area contributed by atoms with Crippen molar-refractivity contribution < 1.29 is 36.2 Å². The van der Waals surface area contributed by atoms with E-state index in [1.165, 1.54) is 0 Å². The average Bonchev–Trinajstić information content (AvgIpc) is 2.26. The van der Waals surface area contributed by atoms with Crippen molar-refractivity contribution in [3.8, 4) is 0 Å². The van der Waals surface area contributed by atoms with Gasteiger partial charge < -0.3 is 9.90 Å². The lowest BCUT2D eigenvalue weighted by Crippen LogP contribution is -2.29. The quantitative estimate of drug-likeness (QED) is 0.274. The fraction of sp³-hybridized carbons (Fsp3) is 0.125. The monoisotopic (exact) mass is 284 g/mol. The molecule has 11 heteroatoms. The molecule has 5 nitrogen and oxygen atoms in total. The number of carbonyl (C=O) groups excluding carboxylic acids is 1. The van der Waals surface area contributed by atoms with Gasteiger partial charge in [-0.1, -0.05) is 5.11 Å². The van der Waals surface area contributed by atoms with Gasteiger partial charge in [0.25, 0.3) is 0 Å². The SMILES string of the molecule is [N-]=[N+]=Nc1c(F)c(F)c(C(=O)[O-])c(C(F)(F)F)c1F. The predicted octanol–water partition coefficient (Wildman–Crippen LogP) is 2.43. The number of nitrogens with zero attached hydrogens (tertiary/aromatic N) is 3. The maximum atomic E-state index is 13.3. The summed E-state index contributed by atoms with van der Waals surface area (Å²) in [6.07, 6.45) is -5.66. The van der Waals surface area contributed by atoms with Crippen LogP contribution in [0.5, 0.6) is 0 Å². The minimum absolute atomic E-state index is 1.81. The van der Waals surface area contributed by atoms with Gasteiger partial charge in [-0.05, 0) is 5.53 Å². The van der Waals surface area contributed by atoms with Crippen LogP contribution >= 0.6 is 0 Å². The zero-order valence-corrected chi connectivity index (χ0v) is 8.43. The first kappa shape index (κ1) is 14.6. The number of carbonyl (C=O) groups is 1. The minimum Gasteiger partial charge on any atom is -0.545 e. The van der Waals surface area contributed by atoms with Crippen molar-refractivity contribution in [3.05, 3.63) is 39.0 Å². The van der Waals surface area contributed by atoms with Gasteiger partial charge in [0.1, 0.15) is 17.1 Å². The second kappa shape index (κ2) is 4.69. The van der Waals surface area contributed by atoms with E-state index in [0.717, 1.165) is 0 Å². The molecular formula is C8F6N3O2-. The first-order chi connectivity index (χ1) is 8.62. The van der Waals surface area contributed by atoms with Gasteiger partial charge in [-0.2, -0.15) is 13.2 Å². The standard InChI is InChI=1S/C8HF6N3O2/c9-3-1(7(18)19)2(8(12,13)14)4(10)6(5(3)11)16-17-15/h(H,18,19)/p-1. The van der Waals surface area contributed by atoms with Gasteiger partial charge in [-0.25, -0.2) is 13.2 Å². The molecule has 0 saturated carbocycles. The van der Waals surface area contributed by atoms with Crippen LogP contribution in [0.1, 0.15) is 15.9 Å². The molecule has 1 aromatic carbocycles. The zero-order chi connectivity index (χ0) is 15.0. The Morgan fingerprint density at radius 1 is 1.16 bits per heavy atom. The number of hydrogen-bond donors (Lipinski definition) is 0. The molecule has 0 saturated heterocycles. The third-order valence-electron chi connectivity index (χ3n) is 1.93. The lowest BCUT2D eigenvalue weighted by molar-refractivity contribution is -0.256. The zero-order valence-electron chi connectivity index (χ0n) is 8.43. The summed E-state index contributed by atoms with van der Waals surface area (Å²) in [6, 6.07) is 0. The lowest BCUT2D eigenvalue weighted by Gasteiger charge is -2.17. The van der Waals surface area contributed by atoms with Crippen LogP contribution in [0.3, 0.4) is 0 Å². The molecule has 0 heterocycles. The Kier molecular flexibility index (Phi) is 3.61. The van der Waals surface area contributed by atoms with Gasteiger partial charge >= 0.3 is 6.18 Å². The summed E-state index contributed by atoms with van der Waals surface area (Å²) in [6.45, 7) is 0. The Balaban J connectivity index is 3.97. The largest absolute Gasteiger partial charge is 0.545 e. The van der Waals surface area contributed by atoms with E-state index in [1.54, 1.807) is 0 Å². The van der Waals surface area contributed by atoms with E-state index in [0.29, 0.717) is 0 Å². The number of hydrogen-bond acceptors (Lipinski definition) is 3. The van der Waals surface area contributed by atoms with Gasteiger partial charge in [-0.15, -0.1) is 0 Å². The van der Waals surface area contributed by atoms with E-state index in [2.05, 4.69) is 5.11 Å². The number of carboxylic acid groups (broad SMARTS) is 1. The van der Waals surface area contributed by atoms with Crippen molar-refractivity contribution in [3.63, 3.8) is 0 Å². The van der Waals surface area contributed by atoms with Gasteiger partial charge in [0, 0.05) is 4.91 Å². The second-order valence-corrected chi connectivity index (χ2v) is 3.02. The highest BCUT2D eigenvalue weighted by molar-refractivity contribution is 5.89. The van der Waals surface area contributed by atoms with Crippen LogP contribution in [0.25, 0.3) is 10.4 Å². The first-order valence-electron chi connectivity index (χ1n) is 4.17. The highest BCUT2D eigenvalue weighted by Gasteiger charge is 2.41. The Hall–Kier alpha value is -2.42. The molecule has 0 N–H and O–H groups in total. The fourth-order valence-electron chi connectivity index (χ4n) is 1.24. The molecule has 0 spiro atoms. The molecule has 0 fully saturated rings. The van der Waals surface area contributed by atoms with E-state index in [9.17, 15) is 36.2 Å². The van der Waals surface area contributed by atoms with Gasteiger partial charge in [0.05, 0.1) is 11.5 Å². The maximum Gasteiger partial charge on any atom is 0.419 e. The van der Waals surface area contributed by atoms with Crippen LogP contribution in [0.15, 0.2) is 5.11 Å². The third kappa shape index (κ3) is 2.40. The van der Waals surface area contributed by atoms with Crippen molar-refractivity contribution in [1.82, 2.24) is 0 Å². The Labute approximate surface area is 99.2 Å². The molecule has 0 bridgehead atoms. The van der Waals surface area contributed by atoms with Gasteiger partial charge in [0.15, 0.2) is 11.6 Å². The van der Waals surface area contributed by atoms with Crippen molar-refractivity contribution in [2.24, 2.45) is 5.11 Å². The van der Waals surface area contributed by atoms with Crippen LogP contribution in [0, 0.1) is 17.5 Å². The van der Waals surface area contributed by atoms with E-state index < -0.39 is 46.4 Å². The highest BCUT2D eigenvalue weighted by atomic mass is 19.4. The molecule has 0 aliphatic carbocycles. The summed E-state index contributed by atoms with van der Waals surface area (Å²) in [7, 11) is 0. The number of rotatable bonds is 2. The molecular weight excluding hydrogens is 284 g/mol. The molecule has 0 atom stereocenters. The molecule has 102 valence electrons. The minimum atomic E-state index is -5.66. The molecule has 0 radical (unpaired) electrons.